The minimum Gasteiger partial charge on any atom is -0.484 e. The molecule has 0 unspecified atom stereocenters. The lowest BCUT2D eigenvalue weighted by molar-refractivity contribution is -0.385. The van der Waals surface area contributed by atoms with Crippen LogP contribution in [0.1, 0.15) is 13.8 Å². The first-order valence-corrected chi connectivity index (χ1v) is 5.65. The van der Waals surface area contributed by atoms with Crippen LogP contribution in [-0.2, 0) is 4.74 Å². The van der Waals surface area contributed by atoms with Crippen LogP contribution in [-0.4, -0.2) is 24.7 Å². The highest BCUT2D eigenvalue weighted by atomic mass is 19.1. The third kappa shape index (κ3) is 4.67. The van der Waals surface area contributed by atoms with Crippen molar-refractivity contribution in [3.05, 3.63) is 34.1 Å². The number of benzene rings is 1. The highest BCUT2D eigenvalue weighted by molar-refractivity contribution is 5.46. The molecule has 1 rings (SSSR count). The Bertz CT molecular complexity index is 409. The molecule has 0 heterocycles. The van der Waals surface area contributed by atoms with Crippen molar-refractivity contribution in [1.29, 1.82) is 0 Å². The van der Waals surface area contributed by atoms with Gasteiger partial charge in [0.15, 0.2) is 5.75 Å². The molecule has 5 nitrogen and oxygen atoms in total. The lowest BCUT2D eigenvalue weighted by Crippen LogP contribution is -2.11. The van der Waals surface area contributed by atoms with Gasteiger partial charge in [0.25, 0.3) is 0 Å². The Morgan fingerprint density at radius 2 is 2.11 bits per heavy atom. The molecule has 0 atom stereocenters. The quantitative estimate of drug-likeness (QED) is 0.428. The van der Waals surface area contributed by atoms with Crippen LogP contribution >= 0.6 is 0 Å². The van der Waals surface area contributed by atoms with Crippen molar-refractivity contribution in [2.24, 2.45) is 5.92 Å². The maximum atomic E-state index is 13.0. The second-order valence-electron chi connectivity index (χ2n) is 4.19. The SMILES string of the molecule is CC(C)COCCOc1cc(F)ccc1[N+](=O)[O-]. The summed E-state index contributed by atoms with van der Waals surface area (Å²) in [5.74, 6) is -0.236. The van der Waals surface area contributed by atoms with Crippen molar-refractivity contribution in [2.75, 3.05) is 19.8 Å². The van der Waals surface area contributed by atoms with Gasteiger partial charge < -0.3 is 9.47 Å². The van der Waals surface area contributed by atoms with Gasteiger partial charge in [-0.15, -0.1) is 0 Å². The fraction of sp³-hybridized carbons (Fsp3) is 0.500. The normalized spacial score (nSPS) is 10.7. The van der Waals surface area contributed by atoms with Crippen LogP contribution in [0.5, 0.6) is 5.75 Å². The molecule has 6 heteroatoms. The van der Waals surface area contributed by atoms with Crippen LogP contribution < -0.4 is 4.74 Å². The molecule has 0 spiro atoms. The molecule has 0 bridgehead atoms. The number of hydrogen-bond donors (Lipinski definition) is 0. The van der Waals surface area contributed by atoms with Crippen molar-refractivity contribution in [1.82, 2.24) is 0 Å². The van der Waals surface area contributed by atoms with Gasteiger partial charge in [0.2, 0.25) is 0 Å². The van der Waals surface area contributed by atoms with Gasteiger partial charge in [-0.2, -0.15) is 0 Å². The molecule has 1 aromatic rings. The second-order valence-corrected chi connectivity index (χ2v) is 4.19. The Balaban J connectivity index is 2.50. The minimum absolute atomic E-state index is 0.0758. The first-order chi connectivity index (χ1) is 8.50. The molecule has 0 N–H and O–H groups in total. The fourth-order valence-electron chi connectivity index (χ4n) is 1.28. The van der Waals surface area contributed by atoms with Crippen molar-refractivity contribution in [2.45, 2.75) is 13.8 Å². The molecule has 0 aliphatic heterocycles. The molecular weight excluding hydrogens is 241 g/mol. The van der Waals surface area contributed by atoms with E-state index in [4.69, 9.17) is 9.47 Å². The topological polar surface area (TPSA) is 61.6 Å². The first-order valence-electron chi connectivity index (χ1n) is 5.65. The van der Waals surface area contributed by atoms with Crippen LogP contribution in [0.15, 0.2) is 18.2 Å². The molecule has 1 aromatic carbocycles. The summed E-state index contributed by atoms with van der Waals surface area (Å²) in [6.07, 6.45) is 0. The summed E-state index contributed by atoms with van der Waals surface area (Å²) in [6.45, 7) is 5.08. The minimum atomic E-state index is -0.607. The molecular formula is C12H16FNO4. The Kier molecular flexibility index (Phi) is 5.51. The number of ether oxygens (including phenoxy) is 2. The van der Waals surface area contributed by atoms with Crippen molar-refractivity contribution in [3.8, 4) is 5.75 Å². The lowest BCUT2D eigenvalue weighted by Gasteiger charge is -2.08. The standard InChI is InChI=1S/C12H16FNO4/c1-9(2)8-17-5-6-18-12-7-10(13)3-4-11(12)14(15)16/h3-4,7,9H,5-6,8H2,1-2H3. The number of nitro benzene ring substituents is 1. The van der Waals surface area contributed by atoms with E-state index in [2.05, 4.69) is 0 Å². The van der Waals surface area contributed by atoms with Crippen LogP contribution in [0.4, 0.5) is 10.1 Å². The summed E-state index contributed by atoms with van der Waals surface area (Å²) < 4.78 is 23.4. The molecule has 0 amide bonds. The van der Waals surface area contributed by atoms with E-state index in [9.17, 15) is 14.5 Å². The monoisotopic (exact) mass is 257 g/mol. The number of nitro groups is 1. The maximum Gasteiger partial charge on any atom is 0.311 e. The predicted molar refractivity (Wildman–Crippen MR) is 64.2 cm³/mol. The van der Waals surface area contributed by atoms with E-state index < -0.39 is 10.7 Å². The van der Waals surface area contributed by atoms with Gasteiger partial charge in [-0.25, -0.2) is 4.39 Å². The van der Waals surface area contributed by atoms with E-state index in [0.717, 1.165) is 18.2 Å². The van der Waals surface area contributed by atoms with E-state index in [0.29, 0.717) is 19.1 Å². The number of nitrogens with zero attached hydrogens (tertiary/aromatic N) is 1. The second kappa shape index (κ2) is 6.90. The summed E-state index contributed by atoms with van der Waals surface area (Å²) in [5, 5.41) is 10.7. The zero-order valence-corrected chi connectivity index (χ0v) is 10.4. The predicted octanol–water partition coefficient (Wildman–Crippen LogP) is 2.79. The van der Waals surface area contributed by atoms with Crippen molar-refractivity contribution in [3.63, 3.8) is 0 Å². The average molecular weight is 257 g/mol. The molecule has 0 aromatic heterocycles. The molecule has 18 heavy (non-hydrogen) atoms. The molecule has 100 valence electrons. The van der Waals surface area contributed by atoms with Gasteiger partial charge in [-0.05, 0) is 12.0 Å². The van der Waals surface area contributed by atoms with E-state index in [1.165, 1.54) is 0 Å². The van der Waals surface area contributed by atoms with Crippen LogP contribution in [0.2, 0.25) is 0 Å². The summed E-state index contributed by atoms with van der Waals surface area (Å²) in [4.78, 5) is 10.1. The zero-order chi connectivity index (χ0) is 13.5. The Morgan fingerprint density at radius 1 is 1.39 bits per heavy atom. The van der Waals surface area contributed by atoms with E-state index in [-0.39, 0.29) is 18.0 Å². The highest BCUT2D eigenvalue weighted by Gasteiger charge is 2.15. The van der Waals surface area contributed by atoms with Gasteiger partial charge in [0.1, 0.15) is 12.4 Å². The fourth-order valence-corrected chi connectivity index (χ4v) is 1.28. The largest absolute Gasteiger partial charge is 0.484 e. The lowest BCUT2D eigenvalue weighted by atomic mass is 10.2. The first kappa shape index (κ1) is 14.4. The Hall–Kier alpha value is -1.69. The van der Waals surface area contributed by atoms with Gasteiger partial charge >= 0.3 is 5.69 Å². The molecule has 0 saturated carbocycles. The van der Waals surface area contributed by atoms with Crippen LogP contribution in [0.3, 0.4) is 0 Å². The third-order valence-electron chi connectivity index (χ3n) is 2.05. The third-order valence-corrected chi connectivity index (χ3v) is 2.05. The summed E-state index contributed by atoms with van der Waals surface area (Å²) in [5.41, 5.74) is -0.250. The number of halogens is 1. The van der Waals surface area contributed by atoms with Crippen molar-refractivity contribution >= 4 is 5.69 Å². The van der Waals surface area contributed by atoms with E-state index in [1.807, 2.05) is 13.8 Å². The van der Waals surface area contributed by atoms with Gasteiger partial charge in [0.05, 0.1) is 11.5 Å². The summed E-state index contributed by atoms with van der Waals surface area (Å²) in [6, 6.07) is 3.11. The summed E-state index contributed by atoms with van der Waals surface area (Å²) >= 11 is 0. The molecule has 0 aliphatic rings. The van der Waals surface area contributed by atoms with Gasteiger partial charge in [-0.3, -0.25) is 10.1 Å². The van der Waals surface area contributed by atoms with Gasteiger partial charge in [0, 0.05) is 18.7 Å². The van der Waals surface area contributed by atoms with Crippen LogP contribution in [0, 0.1) is 21.8 Å². The molecule has 0 saturated heterocycles. The maximum absolute atomic E-state index is 13.0. The van der Waals surface area contributed by atoms with Crippen LogP contribution in [0.25, 0.3) is 0 Å². The average Bonchev–Trinajstić information content (AvgIpc) is 2.27. The Labute approximate surface area is 105 Å². The Morgan fingerprint density at radius 3 is 2.72 bits per heavy atom. The number of hydrogen-bond acceptors (Lipinski definition) is 4. The number of rotatable bonds is 7. The molecule has 0 radical (unpaired) electrons. The molecule has 0 fully saturated rings. The van der Waals surface area contributed by atoms with Gasteiger partial charge in [-0.1, -0.05) is 13.8 Å². The highest BCUT2D eigenvalue weighted by Crippen LogP contribution is 2.27. The smallest absolute Gasteiger partial charge is 0.311 e. The zero-order valence-electron chi connectivity index (χ0n) is 10.4. The van der Waals surface area contributed by atoms with E-state index in [1.54, 1.807) is 0 Å². The molecule has 0 aliphatic carbocycles. The summed E-state index contributed by atoms with van der Waals surface area (Å²) in [7, 11) is 0. The van der Waals surface area contributed by atoms with Crippen molar-refractivity contribution < 1.29 is 18.8 Å². The van der Waals surface area contributed by atoms with E-state index >= 15 is 0 Å².